The first-order chi connectivity index (χ1) is 5.72. The molecule has 0 aromatic rings. The molecule has 0 radical (unpaired) electrons. The van der Waals surface area contributed by atoms with Gasteiger partial charge in [0.2, 0.25) is 0 Å². The van der Waals surface area contributed by atoms with Crippen molar-refractivity contribution in [1.29, 1.82) is 0 Å². The van der Waals surface area contributed by atoms with E-state index in [4.69, 9.17) is 5.73 Å². The van der Waals surface area contributed by atoms with E-state index >= 15 is 0 Å². The van der Waals surface area contributed by atoms with E-state index in [-0.39, 0.29) is 0 Å². The van der Waals surface area contributed by atoms with Crippen LogP contribution in [0, 0.1) is 17.8 Å². The molecule has 1 saturated carbocycles. The van der Waals surface area contributed by atoms with Gasteiger partial charge in [-0.3, -0.25) is 0 Å². The molecule has 0 aromatic heterocycles. The third-order valence-corrected chi connectivity index (χ3v) is 3.75. The smallest absolute Gasteiger partial charge is 0.0262 e. The summed E-state index contributed by atoms with van der Waals surface area (Å²) in [6.45, 7) is 4.64. The molecule has 0 heterocycles. The Hall–Kier alpha value is -0.300. The van der Waals surface area contributed by atoms with Gasteiger partial charge in [0.25, 0.3) is 0 Å². The fourth-order valence-electron chi connectivity index (χ4n) is 2.77. The standard InChI is InChI=1S/C11H19N/c1-3-8-5-9-6-11(12)10(9)4-7(8)2/h4,7-9,11H,3,5-6,12H2,1-2H3. The lowest BCUT2D eigenvalue weighted by molar-refractivity contribution is 0.236. The summed E-state index contributed by atoms with van der Waals surface area (Å²) in [6.07, 6.45) is 6.42. The summed E-state index contributed by atoms with van der Waals surface area (Å²) >= 11 is 0. The highest BCUT2D eigenvalue weighted by Gasteiger charge is 2.38. The van der Waals surface area contributed by atoms with Crippen molar-refractivity contribution in [3.05, 3.63) is 11.6 Å². The zero-order chi connectivity index (χ0) is 8.72. The highest BCUT2D eigenvalue weighted by molar-refractivity contribution is 5.27. The van der Waals surface area contributed by atoms with Crippen molar-refractivity contribution in [3.8, 4) is 0 Å². The van der Waals surface area contributed by atoms with Crippen LogP contribution in [0.2, 0.25) is 0 Å². The van der Waals surface area contributed by atoms with E-state index in [2.05, 4.69) is 19.9 Å². The van der Waals surface area contributed by atoms with Crippen LogP contribution >= 0.6 is 0 Å². The maximum atomic E-state index is 5.91. The quantitative estimate of drug-likeness (QED) is 0.593. The second-order valence-corrected chi connectivity index (χ2v) is 4.47. The molecule has 0 amide bonds. The molecule has 4 atom stereocenters. The minimum absolute atomic E-state index is 0.412. The van der Waals surface area contributed by atoms with Gasteiger partial charge in [-0.15, -0.1) is 0 Å². The van der Waals surface area contributed by atoms with Crippen molar-refractivity contribution in [2.75, 3.05) is 0 Å². The molecule has 12 heavy (non-hydrogen) atoms. The Morgan fingerprint density at radius 1 is 1.50 bits per heavy atom. The van der Waals surface area contributed by atoms with Gasteiger partial charge in [0.15, 0.2) is 0 Å². The van der Waals surface area contributed by atoms with Crippen LogP contribution in [-0.4, -0.2) is 6.04 Å². The van der Waals surface area contributed by atoms with E-state index in [0.717, 1.165) is 17.8 Å². The van der Waals surface area contributed by atoms with Gasteiger partial charge in [0.05, 0.1) is 0 Å². The van der Waals surface area contributed by atoms with Crippen molar-refractivity contribution < 1.29 is 0 Å². The Morgan fingerprint density at radius 2 is 2.25 bits per heavy atom. The summed E-state index contributed by atoms with van der Waals surface area (Å²) in [4.78, 5) is 0. The lowest BCUT2D eigenvalue weighted by Gasteiger charge is -2.44. The van der Waals surface area contributed by atoms with Crippen molar-refractivity contribution in [3.63, 3.8) is 0 Å². The Labute approximate surface area is 75.0 Å². The van der Waals surface area contributed by atoms with Crippen LogP contribution in [0.5, 0.6) is 0 Å². The number of hydrogen-bond acceptors (Lipinski definition) is 1. The summed E-state index contributed by atoms with van der Waals surface area (Å²) < 4.78 is 0. The molecular weight excluding hydrogens is 146 g/mol. The molecule has 1 fully saturated rings. The topological polar surface area (TPSA) is 26.0 Å². The van der Waals surface area contributed by atoms with Crippen LogP contribution in [0.25, 0.3) is 0 Å². The fraction of sp³-hybridized carbons (Fsp3) is 0.818. The molecule has 4 unspecified atom stereocenters. The van der Waals surface area contributed by atoms with Gasteiger partial charge in [0, 0.05) is 6.04 Å². The first-order valence-corrected chi connectivity index (χ1v) is 5.19. The largest absolute Gasteiger partial charge is 0.324 e. The second-order valence-electron chi connectivity index (χ2n) is 4.47. The molecule has 0 spiro atoms. The number of hydrogen-bond donors (Lipinski definition) is 1. The zero-order valence-electron chi connectivity index (χ0n) is 8.09. The van der Waals surface area contributed by atoms with E-state index in [1.165, 1.54) is 19.3 Å². The minimum atomic E-state index is 0.412. The Morgan fingerprint density at radius 3 is 2.83 bits per heavy atom. The molecular formula is C11H19N. The normalized spacial score (nSPS) is 46.1. The third-order valence-electron chi connectivity index (χ3n) is 3.75. The summed E-state index contributed by atoms with van der Waals surface area (Å²) in [5.74, 6) is 2.56. The summed E-state index contributed by atoms with van der Waals surface area (Å²) in [6, 6.07) is 0.412. The SMILES string of the molecule is CCC1CC2CC(N)C2=CC1C. The predicted octanol–water partition coefficient (Wildman–Crippen LogP) is 2.33. The number of allylic oxidation sites excluding steroid dienone is 1. The molecule has 68 valence electrons. The summed E-state index contributed by atoms with van der Waals surface area (Å²) in [7, 11) is 0. The van der Waals surface area contributed by atoms with Gasteiger partial charge in [0.1, 0.15) is 0 Å². The van der Waals surface area contributed by atoms with Crippen LogP contribution in [-0.2, 0) is 0 Å². The Kier molecular flexibility index (Phi) is 1.99. The zero-order valence-corrected chi connectivity index (χ0v) is 8.09. The number of rotatable bonds is 1. The molecule has 0 aliphatic heterocycles. The van der Waals surface area contributed by atoms with Gasteiger partial charge in [-0.25, -0.2) is 0 Å². The third kappa shape index (κ3) is 1.11. The molecule has 2 rings (SSSR count). The first kappa shape index (κ1) is 8.31. The monoisotopic (exact) mass is 165 g/mol. The first-order valence-electron chi connectivity index (χ1n) is 5.19. The van der Waals surface area contributed by atoms with Crippen molar-refractivity contribution in [1.82, 2.24) is 0 Å². The minimum Gasteiger partial charge on any atom is -0.324 e. The lowest BCUT2D eigenvalue weighted by atomic mass is 9.63. The molecule has 2 aliphatic carbocycles. The van der Waals surface area contributed by atoms with Crippen molar-refractivity contribution >= 4 is 0 Å². The van der Waals surface area contributed by atoms with E-state index < -0.39 is 0 Å². The molecule has 1 nitrogen and oxygen atoms in total. The highest BCUT2D eigenvalue weighted by atomic mass is 14.7. The van der Waals surface area contributed by atoms with Crippen molar-refractivity contribution in [2.24, 2.45) is 23.5 Å². The van der Waals surface area contributed by atoms with Crippen LogP contribution in [0.1, 0.15) is 33.1 Å². The molecule has 2 aliphatic rings. The van der Waals surface area contributed by atoms with Gasteiger partial charge >= 0.3 is 0 Å². The maximum Gasteiger partial charge on any atom is 0.0262 e. The van der Waals surface area contributed by atoms with Crippen LogP contribution < -0.4 is 5.73 Å². The van der Waals surface area contributed by atoms with E-state index in [0.29, 0.717) is 6.04 Å². The Balaban J connectivity index is 2.11. The highest BCUT2D eigenvalue weighted by Crippen LogP contribution is 2.44. The van der Waals surface area contributed by atoms with Crippen LogP contribution in [0.3, 0.4) is 0 Å². The average molecular weight is 165 g/mol. The van der Waals surface area contributed by atoms with E-state index in [1.54, 1.807) is 5.57 Å². The summed E-state index contributed by atoms with van der Waals surface area (Å²) in [5.41, 5.74) is 7.48. The van der Waals surface area contributed by atoms with Gasteiger partial charge in [-0.1, -0.05) is 31.9 Å². The van der Waals surface area contributed by atoms with E-state index in [1.807, 2.05) is 0 Å². The van der Waals surface area contributed by atoms with Gasteiger partial charge in [-0.05, 0) is 30.6 Å². The molecule has 2 N–H and O–H groups in total. The van der Waals surface area contributed by atoms with Crippen LogP contribution in [0.15, 0.2) is 11.6 Å². The molecule has 0 saturated heterocycles. The summed E-state index contributed by atoms with van der Waals surface area (Å²) in [5, 5.41) is 0. The second kappa shape index (κ2) is 2.88. The molecule has 1 heteroatoms. The van der Waals surface area contributed by atoms with Gasteiger partial charge in [-0.2, -0.15) is 0 Å². The number of nitrogens with two attached hydrogens (primary N) is 1. The predicted molar refractivity (Wildman–Crippen MR) is 51.7 cm³/mol. The van der Waals surface area contributed by atoms with E-state index in [9.17, 15) is 0 Å². The fourth-order valence-corrected chi connectivity index (χ4v) is 2.77. The van der Waals surface area contributed by atoms with Crippen molar-refractivity contribution in [2.45, 2.75) is 39.2 Å². The molecule has 0 aromatic carbocycles. The number of fused-ring (bicyclic) bond motifs is 1. The Bertz CT molecular complexity index is 207. The molecule has 0 bridgehead atoms. The average Bonchev–Trinajstić information content (AvgIpc) is 2.06. The van der Waals surface area contributed by atoms with Gasteiger partial charge < -0.3 is 5.73 Å². The maximum absolute atomic E-state index is 5.91. The van der Waals surface area contributed by atoms with Crippen LogP contribution in [0.4, 0.5) is 0 Å². The lowest BCUT2D eigenvalue weighted by Crippen LogP contribution is -2.43.